The normalized spacial score (nSPS) is 15.8. The first-order chi connectivity index (χ1) is 19.7. The van der Waals surface area contributed by atoms with Gasteiger partial charge in [-0.3, -0.25) is 24.1 Å². The van der Waals surface area contributed by atoms with Crippen LogP contribution in [-0.2, 0) is 38.1 Å². The third kappa shape index (κ3) is 6.57. The molecule has 1 aliphatic heterocycles. The van der Waals surface area contributed by atoms with Crippen molar-refractivity contribution in [1.29, 1.82) is 0 Å². The number of carbonyl (C=O) groups excluding carboxylic acids is 5. The molecule has 2 rings (SSSR count). The number of Topliss-reactive ketones (excluding diaryl/α,β-unsaturated/α-hetero) is 1. The molecule has 1 aromatic carbocycles. The van der Waals surface area contributed by atoms with E-state index in [9.17, 15) is 24.0 Å². The van der Waals surface area contributed by atoms with Crippen LogP contribution in [0, 0.1) is 5.41 Å². The first-order valence-electron chi connectivity index (χ1n) is 13.0. The highest BCUT2D eigenvalue weighted by molar-refractivity contribution is 6.05. The summed E-state index contributed by atoms with van der Waals surface area (Å²) < 4.78 is 31.5. The fourth-order valence-electron chi connectivity index (χ4n) is 4.97. The summed E-state index contributed by atoms with van der Waals surface area (Å²) in [5, 5.41) is 0. The zero-order valence-electron chi connectivity index (χ0n) is 25.5. The smallest absolute Gasteiger partial charge is 0.410 e. The summed E-state index contributed by atoms with van der Waals surface area (Å²) >= 11 is 0. The van der Waals surface area contributed by atoms with Crippen LogP contribution in [-0.4, -0.2) is 107 Å². The molecule has 42 heavy (non-hydrogen) atoms. The Morgan fingerprint density at radius 2 is 1.62 bits per heavy atom. The minimum atomic E-state index is -2.39. The van der Waals surface area contributed by atoms with E-state index in [1.165, 1.54) is 39.4 Å². The summed E-state index contributed by atoms with van der Waals surface area (Å²) in [7, 11) is 7.14. The van der Waals surface area contributed by atoms with E-state index in [0.29, 0.717) is 16.9 Å². The summed E-state index contributed by atoms with van der Waals surface area (Å²) in [5.74, 6) is -3.13. The Hall–Kier alpha value is -3.97. The Bertz CT molecular complexity index is 1190. The van der Waals surface area contributed by atoms with Gasteiger partial charge in [0.05, 0.1) is 33.9 Å². The number of amides is 2. The number of ketones is 1. The van der Waals surface area contributed by atoms with Crippen LogP contribution in [0.1, 0.15) is 49.2 Å². The largest absolute Gasteiger partial charge is 0.496 e. The van der Waals surface area contributed by atoms with E-state index in [2.05, 4.69) is 6.58 Å². The van der Waals surface area contributed by atoms with Crippen molar-refractivity contribution in [2.24, 2.45) is 5.41 Å². The highest BCUT2D eigenvalue weighted by Gasteiger charge is 2.59. The number of fused-ring (bicyclic) bond motifs is 1. The van der Waals surface area contributed by atoms with Gasteiger partial charge < -0.3 is 33.3 Å². The van der Waals surface area contributed by atoms with Crippen molar-refractivity contribution >= 4 is 29.7 Å². The van der Waals surface area contributed by atoms with Crippen molar-refractivity contribution in [3.05, 3.63) is 42.0 Å². The molecule has 0 N–H and O–H groups in total. The van der Waals surface area contributed by atoms with Crippen molar-refractivity contribution in [3.8, 4) is 5.75 Å². The Kier molecular flexibility index (Phi) is 11.2. The van der Waals surface area contributed by atoms with Crippen molar-refractivity contribution in [2.45, 2.75) is 51.2 Å². The lowest BCUT2D eigenvalue weighted by Gasteiger charge is -2.42. The van der Waals surface area contributed by atoms with Crippen molar-refractivity contribution in [2.75, 3.05) is 49.1 Å². The fourth-order valence-corrected chi connectivity index (χ4v) is 4.97. The summed E-state index contributed by atoms with van der Waals surface area (Å²) in [6.07, 6.45) is -1.80. The molecule has 0 radical (unpaired) electrons. The molecule has 1 aliphatic rings. The van der Waals surface area contributed by atoms with Crippen LogP contribution in [0.5, 0.6) is 5.75 Å². The predicted octanol–water partition coefficient (Wildman–Crippen LogP) is 2.52. The number of nitrogens with zero attached hydrogens (tertiary/aromatic N) is 2. The zero-order valence-corrected chi connectivity index (χ0v) is 25.5. The van der Waals surface area contributed by atoms with Gasteiger partial charge in [-0.15, -0.1) is 6.58 Å². The maximum atomic E-state index is 14.5. The Morgan fingerprint density at radius 1 is 1.05 bits per heavy atom. The van der Waals surface area contributed by atoms with Crippen molar-refractivity contribution in [1.82, 2.24) is 9.80 Å². The molecule has 13 nitrogen and oxygen atoms in total. The van der Waals surface area contributed by atoms with Gasteiger partial charge >= 0.3 is 18.0 Å². The molecule has 2 atom stereocenters. The fraction of sp³-hybridized carbons (Fsp3) is 0.552. The van der Waals surface area contributed by atoms with Gasteiger partial charge in [-0.25, -0.2) is 4.79 Å². The monoisotopic (exact) mass is 592 g/mol. The molecular formula is C29H40N2O11. The van der Waals surface area contributed by atoms with E-state index in [1.807, 2.05) is 0 Å². The molecule has 0 aromatic heterocycles. The Labute approximate surface area is 245 Å². The number of methoxy groups -OCH3 is 5. The van der Waals surface area contributed by atoms with Gasteiger partial charge in [-0.2, -0.15) is 0 Å². The second kappa shape index (κ2) is 13.8. The van der Waals surface area contributed by atoms with Gasteiger partial charge in [0, 0.05) is 38.8 Å². The first-order valence-corrected chi connectivity index (χ1v) is 13.0. The number of ether oxygens (including phenoxy) is 6. The summed E-state index contributed by atoms with van der Waals surface area (Å²) in [5.41, 5.74) is -2.60. The van der Waals surface area contributed by atoms with Crippen LogP contribution in [0.3, 0.4) is 0 Å². The van der Waals surface area contributed by atoms with Crippen molar-refractivity contribution < 1.29 is 52.4 Å². The molecule has 232 valence electrons. The molecule has 0 spiro atoms. The molecule has 13 heteroatoms. The van der Waals surface area contributed by atoms with Crippen LogP contribution in [0.15, 0.2) is 30.9 Å². The van der Waals surface area contributed by atoms with Gasteiger partial charge in [0.15, 0.2) is 12.1 Å². The molecular weight excluding hydrogens is 552 g/mol. The standard InChI is InChI=1S/C29H40N2O11/c1-11-18-22-17(13-12-14-21(22)37-6)20(32)16-31(18)23(33)19(30(5)27(36)42-28(2,3)4)15-29(24(34)38-7,25(35)39-8)26(40-9)41-10/h11-14,18-19,26H,1,15-16H2,2-10H3. The number of hydrogen-bond donors (Lipinski definition) is 0. The Morgan fingerprint density at radius 3 is 2.07 bits per heavy atom. The number of esters is 2. The highest BCUT2D eigenvalue weighted by Crippen LogP contribution is 2.40. The lowest BCUT2D eigenvalue weighted by atomic mass is 9.79. The van der Waals surface area contributed by atoms with E-state index >= 15 is 0 Å². The minimum Gasteiger partial charge on any atom is -0.496 e. The van der Waals surface area contributed by atoms with Crippen LogP contribution >= 0.6 is 0 Å². The van der Waals surface area contributed by atoms with Gasteiger partial charge in [0.25, 0.3) is 0 Å². The second-order valence-corrected chi connectivity index (χ2v) is 10.6. The van der Waals surface area contributed by atoms with Gasteiger partial charge in [0.1, 0.15) is 17.4 Å². The lowest BCUT2D eigenvalue weighted by Crippen LogP contribution is -2.60. The molecule has 1 aromatic rings. The topological polar surface area (TPSA) is 147 Å². The first kappa shape index (κ1) is 34.2. The highest BCUT2D eigenvalue weighted by atomic mass is 16.7. The third-order valence-electron chi connectivity index (χ3n) is 6.92. The van der Waals surface area contributed by atoms with Crippen LogP contribution in [0.4, 0.5) is 4.79 Å². The average molecular weight is 593 g/mol. The van der Waals surface area contributed by atoms with E-state index in [4.69, 9.17) is 28.4 Å². The van der Waals surface area contributed by atoms with E-state index in [0.717, 1.165) is 19.1 Å². The second-order valence-electron chi connectivity index (χ2n) is 10.6. The molecule has 0 aliphatic carbocycles. The molecule has 0 fully saturated rings. The number of rotatable bonds is 11. The quantitative estimate of drug-likeness (QED) is 0.123. The molecule has 2 amide bonds. The van der Waals surface area contributed by atoms with Crippen LogP contribution < -0.4 is 4.74 Å². The van der Waals surface area contributed by atoms with Crippen LogP contribution in [0.25, 0.3) is 0 Å². The molecule has 0 bridgehead atoms. The lowest BCUT2D eigenvalue weighted by molar-refractivity contribution is -0.217. The summed E-state index contributed by atoms with van der Waals surface area (Å²) in [6, 6.07) is 2.44. The molecule has 1 heterocycles. The maximum absolute atomic E-state index is 14.5. The van der Waals surface area contributed by atoms with Gasteiger partial charge in [-0.05, 0) is 26.8 Å². The minimum absolute atomic E-state index is 0.345. The average Bonchev–Trinajstić information content (AvgIpc) is 2.96. The molecule has 2 unspecified atom stereocenters. The van der Waals surface area contributed by atoms with Gasteiger partial charge in [-0.1, -0.05) is 18.2 Å². The van der Waals surface area contributed by atoms with Crippen molar-refractivity contribution in [3.63, 3.8) is 0 Å². The number of hydrogen-bond acceptors (Lipinski definition) is 11. The molecule has 0 saturated carbocycles. The van der Waals surface area contributed by atoms with E-state index in [1.54, 1.807) is 39.0 Å². The molecule has 0 saturated heterocycles. The number of likely N-dealkylation sites (N-methyl/N-ethyl adjacent to an activating group) is 1. The SMILES string of the molecule is C=CC1c2c(OC)cccc2C(=O)CN1C(=O)C(CC(C(=O)OC)(C(=O)OC)C(OC)OC)N(C)C(=O)OC(C)(C)C. The number of carbonyl (C=O) groups is 5. The third-order valence-corrected chi connectivity index (χ3v) is 6.92. The van der Waals surface area contributed by atoms with E-state index < -0.39 is 72.1 Å². The zero-order chi connectivity index (χ0) is 32.0. The predicted molar refractivity (Wildman–Crippen MR) is 149 cm³/mol. The number of benzene rings is 1. The van der Waals surface area contributed by atoms with Crippen LogP contribution in [0.2, 0.25) is 0 Å². The Balaban J connectivity index is 2.80. The summed E-state index contributed by atoms with van der Waals surface area (Å²) in [4.78, 5) is 69.9. The summed E-state index contributed by atoms with van der Waals surface area (Å²) in [6.45, 7) is 8.37. The van der Waals surface area contributed by atoms with E-state index in [-0.39, 0.29) is 0 Å². The van der Waals surface area contributed by atoms with Gasteiger partial charge in [0.2, 0.25) is 11.3 Å². The maximum Gasteiger partial charge on any atom is 0.410 e.